The smallest absolute Gasteiger partial charge is 0.406 e. The van der Waals surface area contributed by atoms with Crippen molar-refractivity contribution in [1.82, 2.24) is 10.2 Å². The second-order valence-electron chi connectivity index (χ2n) is 11.0. The minimum Gasteiger partial charge on any atom is -0.455 e. The lowest BCUT2D eigenvalue weighted by atomic mass is 9.73. The lowest BCUT2D eigenvalue weighted by Crippen LogP contribution is -2.49. The molecule has 1 saturated heterocycles. The van der Waals surface area contributed by atoms with Crippen molar-refractivity contribution in [2.45, 2.75) is 63.2 Å². The van der Waals surface area contributed by atoms with Crippen LogP contribution in [0.3, 0.4) is 0 Å². The molecule has 5 N–H and O–H groups in total. The summed E-state index contributed by atoms with van der Waals surface area (Å²) in [5.74, 6) is 0.320. The summed E-state index contributed by atoms with van der Waals surface area (Å²) in [5, 5.41) is 25.7. The van der Waals surface area contributed by atoms with Gasteiger partial charge in [-0.05, 0) is 63.1 Å². The van der Waals surface area contributed by atoms with Gasteiger partial charge in [0.15, 0.2) is 5.75 Å². The largest absolute Gasteiger partial charge is 0.455 e. The molecule has 0 bridgehead atoms. The molecule has 4 rings (SSSR count). The van der Waals surface area contributed by atoms with E-state index in [-0.39, 0.29) is 17.7 Å². The van der Waals surface area contributed by atoms with E-state index >= 15 is 0 Å². The molecule has 0 spiro atoms. The van der Waals surface area contributed by atoms with Gasteiger partial charge in [0.25, 0.3) is 0 Å². The SMILES string of the molecule is COC(=O)NCCCC(O)(c1cccc(Cl)c1Oc1ccccc1C)C1CCCN(C(=O)[C@H]2C[C@@H](N)[C@@H](O)C2)C1. The first-order valence-corrected chi connectivity index (χ1v) is 14.3. The van der Waals surface area contributed by atoms with Crippen LogP contribution < -0.4 is 15.8 Å². The Kier molecular flexibility index (Phi) is 9.94. The van der Waals surface area contributed by atoms with Crippen LogP contribution in [-0.2, 0) is 15.1 Å². The Bertz CT molecular complexity index is 1190. The highest BCUT2D eigenvalue weighted by Gasteiger charge is 2.45. The van der Waals surface area contributed by atoms with E-state index in [9.17, 15) is 19.8 Å². The summed E-state index contributed by atoms with van der Waals surface area (Å²) in [4.78, 5) is 26.9. The van der Waals surface area contributed by atoms with Gasteiger partial charge in [-0.1, -0.05) is 41.9 Å². The van der Waals surface area contributed by atoms with E-state index in [0.29, 0.717) is 73.8 Å². The Morgan fingerprint density at radius 2 is 1.98 bits per heavy atom. The number of carbonyl (C=O) groups is 2. The van der Waals surface area contributed by atoms with Crippen LogP contribution in [0, 0.1) is 18.8 Å². The number of methoxy groups -OCH3 is 1. The fraction of sp³-hybridized carbons (Fsp3) is 0.533. The number of ether oxygens (including phenoxy) is 2. The molecule has 2 aliphatic rings. The van der Waals surface area contributed by atoms with Gasteiger partial charge >= 0.3 is 6.09 Å². The summed E-state index contributed by atoms with van der Waals surface area (Å²) in [6.45, 7) is 3.17. The molecule has 0 radical (unpaired) electrons. The molecule has 0 aromatic heterocycles. The number of aryl methyl sites for hydroxylation is 1. The number of carbonyl (C=O) groups excluding carboxylic acids is 2. The quantitative estimate of drug-likeness (QED) is 0.332. The van der Waals surface area contributed by atoms with Crippen LogP contribution in [0.5, 0.6) is 11.5 Å². The van der Waals surface area contributed by atoms with Crippen molar-refractivity contribution in [1.29, 1.82) is 0 Å². The van der Waals surface area contributed by atoms with Crippen LogP contribution >= 0.6 is 11.6 Å². The number of likely N-dealkylation sites (tertiary alicyclic amines) is 1. The first kappa shape index (κ1) is 30.1. The third-order valence-corrected chi connectivity index (χ3v) is 8.56. The number of halogens is 1. The number of piperidine rings is 1. The number of benzene rings is 2. The summed E-state index contributed by atoms with van der Waals surface area (Å²) < 4.78 is 11.0. The normalized spacial score (nSPS) is 24.3. The van der Waals surface area contributed by atoms with Crippen LogP contribution in [0.2, 0.25) is 5.02 Å². The molecule has 10 heteroatoms. The van der Waals surface area contributed by atoms with Gasteiger partial charge in [0.1, 0.15) is 5.75 Å². The first-order chi connectivity index (χ1) is 19.1. The van der Waals surface area contributed by atoms with Gasteiger partial charge in [0, 0.05) is 43.1 Å². The summed E-state index contributed by atoms with van der Waals surface area (Å²) in [5.41, 5.74) is 6.04. The van der Waals surface area contributed by atoms with E-state index in [0.717, 1.165) is 12.0 Å². The number of rotatable bonds is 9. The van der Waals surface area contributed by atoms with Crippen LogP contribution in [0.15, 0.2) is 42.5 Å². The van der Waals surface area contributed by atoms with E-state index < -0.39 is 23.8 Å². The molecule has 1 aliphatic carbocycles. The van der Waals surface area contributed by atoms with Crippen LogP contribution in [-0.4, -0.2) is 66.0 Å². The Balaban J connectivity index is 1.64. The van der Waals surface area contributed by atoms with Crippen LogP contribution in [0.25, 0.3) is 0 Å². The third kappa shape index (κ3) is 6.71. The Morgan fingerprint density at radius 3 is 2.67 bits per heavy atom. The Labute approximate surface area is 240 Å². The number of aliphatic hydroxyl groups excluding tert-OH is 1. The maximum Gasteiger partial charge on any atom is 0.406 e. The molecule has 2 aromatic carbocycles. The molecule has 1 heterocycles. The zero-order valence-corrected chi connectivity index (χ0v) is 23.9. The van der Waals surface area contributed by atoms with Crippen molar-refractivity contribution in [2.75, 3.05) is 26.7 Å². The van der Waals surface area contributed by atoms with E-state index in [1.807, 2.05) is 37.3 Å². The minimum absolute atomic E-state index is 0.0334. The molecule has 218 valence electrons. The number of hydrogen-bond acceptors (Lipinski definition) is 7. The summed E-state index contributed by atoms with van der Waals surface area (Å²) in [7, 11) is 1.30. The lowest BCUT2D eigenvalue weighted by molar-refractivity contribution is -0.141. The zero-order chi connectivity index (χ0) is 28.9. The second kappa shape index (κ2) is 13.2. The Hall–Kier alpha value is -2.85. The van der Waals surface area contributed by atoms with Crippen molar-refractivity contribution < 1.29 is 29.3 Å². The van der Waals surface area contributed by atoms with Crippen LogP contribution in [0.1, 0.15) is 49.7 Å². The molecule has 2 aromatic rings. The monoisotopic (exact) mass is 573 g/mol. The van der Waals surface area contributed by atoms with E-state index in [2.05, 4.69) is 10.1 Å². The standard InChI is InChI=1S/C30H40ClN3O6/c1-19-8-3-4-12-26(19)40-27-22(10-5-11-23(27)31)30(38,13-7-14-33-29(37)39-2)21-9-6-15-34(18-21)28(36)20-16-24(32)25(35)17-20/h3-5,8,10-12,20-21,24-25,35,38H,6-7,9,13-18,32H2,1-2H3,(H,33,37)/t20-,21?,24+,25-,30?/m0/s1. The molecule has 2 fully saturated rings. The van der Waals surface area contributed by atoms with Crippen molar-refractivity contribution in [2.24, 2.45) is 17.6 Å². The molecular formula is C30H40ClN3O6. The number of alkyl carbamates (subject to hydrolysis) is 1. The van der Waals surface area contributed by atoms with Gasteiger partial charge in [0.05, 0.1) is 23.8 Å². The first-order valence-electron chi connectivity index (χ1n) is 13.9. The number of aliphatic hydroxyl groups is 2. The molecule has 1 saturated carbocycles. The van der Waals surface area contributed by atoms with Crippen molar-refractivity contribution >= 4 is 23.6 Å². The zero-order valence-electron chi connectivity index (χ0n) is 23.1. The lowest BCUT2D eigenvalue weighted by Gasteiger charge is -2.44. The topological polar surface area (TPSA) is 134 Å². The molecule has 2 amide bonds. The third-order valence-electron chi connectivity index (χ3n) is 8.26. The number of amides is 2. The molecule has 9 nitrogen and oxygen atoms in total. The predicted octanol–water partition coefficient (Wildman–Crippen LogP) is 4.10. The van der Waals surface area contributed by atoms with Gasteiger partial charge < -0.3 is 35.6 Å². The number of nitrogens with one attached hydrogen (secondary N) is 1. The maximum atomic E-state index is 13.4. The minimum atomic E-state index is -1.41. The highest BCUT2D eigenvalue weighted by molar-refractivity contribution is 6.32. The molecular weight excluding hydrogens is 534 g/mol. The second-order valence-corrected chi connectivity index (χ2v) is 11.4. The van der Waals surface area contributed by atoms with E-state index in [1.165, 1.54) is 7.11 Å². The predicted molar refractivity (Wildman–Crippen MR) is 152 cm³/mol. The molecule has 5 atom stereocenters. The number of nitrogens with two attached hydrogens (primary N) is 1. The van der Waals surface area contributed by atoms with Crippen molar-refractivity contribution in [3.63, 3.8) is 0 Å². The fourth-order valence-electron chi connectivity index (χ4n) is 5.99. The van der Waals surface area contributed by atoms with Gasteiger partial charge in [-0.3, -0.25) is 4.79 Å². The summed E-state index contributed by atoms with van der Waals surface area (Å²) >= 11 is 6.68. The maximum absolute atomic E-state index is 13.4. The molecule has 40 heavy (non-hydrogen) atoms. The van der Waals surface area contributed by atoms with Gasteiger partial charge in [0.2, 0.25) is 5.91 Å². The average molecular weight is 574 g/mol. The van der Waals surface area contributed by atoms with E-state index in [4.69, 9.17) is 22.1 Å². The number of hydrogen-bond donors (Lipinski definition) is 4. The number of para-hydroxylation sites is 2. The highest BCUT2D eigenvalue weighted by Crippen LogP contribution is 2.47. The molecule has 1 aliphatic heterocycles. The summed E-state index contributed by atoms with van der Waals surface area (Å²) in [6, 6.07) is 12.5. The highest BCUT2D eigenvalue weighted by atomic mass is 35.5. The summed E-state index contributed by atoms with van der Waals surface area (Å²) in [6.07, 6.45) is 1.74. The molecule has 2 unspecified atom stereocenters. The van der Waals surface area contributed by atoms with Crippen LogP contribution in [0.4, 0.5) is 4.79 Å². The number of nitrogens with zero attached hydrogens (tertiary/aromatic N) is 1. The van der Waals surface area contributed by atoms with Gasteiger partial charge in [-0.15, -0.1) is 0 Å². The average Bonchev–Trinajstić information content (AvgIpc) is 3.30. The van der Waals surface area contributed by atoms with Crippen molar-refractivity contribution in [3.8, 4) is 11.5 Å². The van der Waals surface area contributed by atoms with Gasteiger partial charge in [-0.25, -0.2) is 4.79 Å². The fourth-order valence-corrected chi connectivity index (χ4v) is 6.20. The van der Waals surface area contributed by atoms with Gasteiger partial charge in [-0.2, -0.15) is 0 Å². The Morgan fingerprint density at radius 1 is 1.20 bits per heavy atom. The van der Waals surface area contributed by atoms with E-state index in [1.54, 1.807) is 17.0 Å². The van der Waals surface area contributed by atoms with Crippen molar-refractivity contribution in [3.05, 3.63) is 58.6 Å².